The molecule has 3 rings (SSSR count). The molecule has 1 aromatic carbocycles. The van der Waals surface area contributed by atoms with Gasteiger partial charge in [0.1, 0.15) is 5.60 Å². The van der Waals surface area contributed by atoms with Gasteiger partial charge in [0.05, 0.1) is 12.1 Å². The molecule has 0 saturated heterocycles. The van der Waals surface area contributed by atoms with Gasteiger partial charge in [-0.1, -0.05) is 18.2 Å². The summed E-state index contributed by atoms with van der Waals surface area (Å²) in [6.07, 6.45) is 3.99. The fourth-order valence-electron chi connectivity index (χ4n) is 3.01. The van der Waals surface area contributed by atoms with Gasteiger partial charge in [-0.2, -0.15) is 0 Å². The zero-order valence-electron chi connectivity index (χ0n) is 13.6. The van der Waals surface area contributed by atoms with Crippen molar-refractivity contribution in [2.24, 2.45) is 0 Å². The minimum Gasteiger partial charge on any atom is -0.444 e. The summed E-state index contributed by atoms with van der Waals surface area (Å²) < 4.78 is 7.87. The second kappa shape index (κ2) is 5.67. The quantitative estimate of drug-likeness (QED) is 0.731. The molecule has 4 heteroatoms. The number of carbonyl (C=O) groups is 1. The summed E-state index contributed by atoms with van der Waals surface area (Å²) in [5.41, 5.74) is 1.98. The SMILES string of the molecule is CC(C)(C)OC(=O)N1CCCCn2ccc3cccc(c32)C1. The molecule has 22 heavy (non-hydrogen) atoms. The first kappa shape index (κ1) is 14.9. The van der Waals surface area contributed by atoms with E-state index in [-0.39, 0.29) is 6.09 Å². The lowest BCUT2D eigenvalue weighted by atomic mass is 10.1. The molecule has 118 valence electrons. The Morgan fingerprint density at radius 1 is 1.14 bits per heavy atom. The number of rotatable bonds is 0. The van der Waals surface area contributed by atoms with Crippen molar-refractivity contribution in [3.05, 3.63) is 36.0 Å². The molecule has 0 saturated carbocycles. The maximum atomic E-state index is 12.5. The third kappa shape index (κ3) is 3.11. The molecule has 0 N–H and O–H groups in total. The van der Waals surface area contributed by atoms with Crippen LogP contribution in [0.1, 0.15) is 39.2 Å². The first-order valence-corrected chi connectivity index (χ1v) is 7.99. The van der Waals surface area contributed by atoms with Crippen molar-refractivity contribution in [1.82, 2.24) is 9.47 Å². The summed E-state index contributed by atoms with van der Waals surface area (Å²) in [6.45, 7) is 8.09. The highest BCUT2D eigenvalue weighted by atomic mass is 16.6. The summed E-state index contributed by atoms with van der Waals surface area (Å²) >= 11 is 0. The summed E-state index contributed by atoms with van der Waals surface area (Å²) in [7, 11) is 0. The van der Waals surface area contributed by atoms with Gasteiger partial charge in [-0.3, -0.25) is 0 Å². The average molecular weight is 300 g/mol. The van der Waals surface area contributed by atoms with Crippen molar-refractivity contribution in [3.63, 3.8) is 0 Å². The number of hydrogen-bond donors (Lipinski definition) is 0. The van der Waals surface area contributed by atoms with Crippen molar-refractivity contribution in [2.45, 2.75) is 52.3 Å². The van der Waals surface area contributed by atoms with Crippen molar-refractivity contribution in [2.75, 3.05) is 6.54 Å². The summed E-state index contributed by atoms with van der Waals surface area (Å²) in [4.78, 5) is 14.3. The Morgan fingerprint density at radius 3 is 2.68 bits per heavy atom. The van der Waals surface area contributed by atoms with Crippen LogP contribution in [-0.4, -0.2) is 27.7 Å². The smallest absolute Gasteiger partial charge is 0.410 e. The van der Waals surface area contributed by atoms with Gasteiger partial charge in [-0.25, -0.2) is 4.79 Å². The number of aryl methyl sites for hydroxylation is 1. The Hall–Kier alpha value is -1.97. The van der Waals surface area contributed by atoms with E-state index >= 15 is 0 Å². The topological polar surface area (TPSA) is 34.5 Å². The largest absolute Gasteiger partial charge is 0.444 e. The highest BCUT2D eigenvalue weighted by Gasteiger charge is 2.23. The normalized spacial score (nSPS) is 16.0. The summed E-state index contributed by atoms with van der Waals surface area (Å²) in [5.74, 6) is 0. The van der Waals surface area contributed by atoms with Gasteiger partial charge in [0.2, 0.25) is 0 Å². The van der Waals surface area contributed by atoms with Gasteiger partial charge in [0, 0.05) is 19.3 Å². The number of amides is 1. The van der Waals surface area contributed by atoms with E-state index in [0.717, 1.165) is 25.9 Å². The molecule has 1 amide bonds. The number of benzene rings is 1. The van der Waals surface area contributed by atoms with E-state index in [9.17, 15) is 4.79 Å². The van der Waals surface area contributed by atoms with Crippen LogP contribution >= 0.6 is 0 Å². The Balaban J connectivity index is 1.93. The lowest BCUT2D eigenvalue weighted by molar-refractivity contribution is 0.0232. The zero-order chi connectivity index (χ0) is 15.7. The molecule has 0 spiro atoms. The van der Waals surface area contributed by atoms with Gasteiger partial charge in [-0.15, -0.1) is 0 Å². The van der Waals surface area contributed by atoms with E-state index in [1.807, 2.05) is 25.7 Å². The second-order valence-electron chi connectivity index (χ2n) is 6.97. The monoisotopic (exact) mass is 300 g/mol. The Morgan fingerprint density at radius 2 is 1.91 bits per heavy atom. The number of nitrogens with zero attached hydrogens (tertiary/aromatic N) is 2. The van der Waals surface area contributed by atoms with E-state index in [0.29, 0.717) is 6.54 Å². The molecule has 4 nitrogen and oxygen atoms in total. The molecule has 1 aliphatic heterocycles. The highest BCUT2D eigenvalue weighted by molar-refractivity contribution is 5.83. The Kier molecular flexibility index (Phi) is 3.85. The number of para-hydroxylation sites is 1. The Labute approximate surface area is 131 Å². The molecule has 2 heterocycles. The Bertz CT molecular complexity index is 682. The molecule has 0 bridgehead atoms. The number of ether oxygens (including phenoxy) is 1. The standard InChI is InChI=1S/C18H24N2O2/c1-18(2,3)22-17(21)20-11-5-4-10-19-12-9-14-7-6-8-15(13-20)16(14)19/h6-9,12H,4-5,10-11,13H2,1-3H3. The number of hydrogen-bond acceptors (Lipinski definition) is 2. The number of aromatic nitrogens is 1. The fourth-order valence-corrected chi connectivity index (χ4v) is 3.01. The van der Waals surface area contributed by atoms with E-state index in [2.05, 4.69) is 35.0 Å². The molecule has 0 fully saturated rings. The van der Waals surface area contributed by atoms with Gasteiger partial charge < -0.3 is 14.2 Å². The maximum Gasteiger partial charge on any atom is 0.410 e. The van der Waals surface area contributed by atoms with Gasteiger partial charge in [-0.05, 0) is 50.6 Å². The zero-order valence-corrected chi connectivity index (χ0v) is 13.6. The summed E-state index contributed by atoms with van der Waals surface area (Å²) in [6, 6.07) is 8.46. The lowest BCUT2D eigenvalue weighted by Gasteiger charge is -2.27. The molecule has 1 aliphatic rings. The minimum atomic E-state index is -0.457. The summed E-state index contributed by atoms with van der Waals surface area (Å²) in [5, 5.41) is 1.24. The van der Waals surface area contributed by atoms with Crippen molar-refractivity contribution in [3.8, 4) is 0 Å². The van der Waals surface area contributed by atoms with Crippen LogP contribution < -0.4 is 0 Å². The van der Waals surface area contributed by atoms with E-state index in [1.54, 1.807) is 0 Å². The molecular formula is C18H24N2O2. The predicted molar refractivity (Wildman–Crippen MR) is 87.8 cm³/mol. The highest BCUT2D eigenvalue weighted by Crippen LogP contribution is 2.24. The van der Waals surface area contributed by atoms with Gasteiger partial charge >= 0.3 is 6.09 Å². The molecule has 0 unspecified atom stereocenters. The van der Waals surface area contributed by atoms with Crippen LogP contribution in [0.2, 0.25) is 0 Å². The predicted octanol–water partition coefficient (Wildman–Crippen LogP) is 4.17. The molecule has 0 radical (unpaired) electrons. The second-order valence-corrected chi connectivity index (χ2v) is 6.97. The minimum absolute atomic E-state index is 0.218. The van der Waals surface area contributed by atoms with Crippen LogP contribution in [0.5, 0.6) is 0 Å². The lowest BCUT2D eigenvalue weighted by Crippen LogP contribution is -2.37. The fraction of sp³-hybridized carbons (Fsp3) is 0.500. The third-order valence-corrected chi connectivity index (χ3v) is 3.96. The molecule has 2 aromatic rings. The van der Waals surface area contributed by atoms with Crippen LogP contribution in [0, 0.1) is 0 Å². The van der Waals surface area contributed by atoms with Crippen LogP contribution in [0.4, 0.5) is 4.79 Å². The average Bonchev–Trinajstić information content (AvgIpc) is 2.86. The number of carbonyl (C=O) groups excluding carboxylic acids is 1. The van der Waals surface area contributed by atoms with Crippen molar-refractivity contribution in [1.29, 1.82) is 0 Å². The molecule has 1 aromatic heterocycles. The van der Waals surface area contributed by atoms with Crippen molar-refractivity contribution >= 4 is 17.0 Å². The molecule has 0 atom stereocenters. The first-order valence-electron chi connectivity index (χ1n) is 7.99. The van der Waals surface area contributed by atoms with Crippen LogP contribution in [-0.2, 0) is 17.8 Å². The van der Waals surface area contributed by atoms with E-state index in [1.165, 1.54) is 16.5 Å². The van der Waals surface area contributed by atoms with E-state index < -0.39 is 5.60 Å². The molecular weight excluding hydrogens is 276 g/mol. The van der Waals surface area contributed by atoms with Crippen LogP contribution in [0.15, 0.2) is 30.5 Å². The maximum absolute atomic E-state index is 12.5. The molecule has 0 aliphatic carbocycles. The van der Waals surface area contributed by atoms with Crippen molar-refractivity contribution < 1.29 is 9.53 Å². The van der Waals surface area contributed by atoms with Gasteiger partial charge in [0.25, 0.3) is 0 Å². The third-order valence-electron chi connectivity index (χ3n) is 3.96. The van der Waals surface area contributed by atoms with Crippen LogP contribution in [0.25, 0.3) is 10.9 Å². The van der Waals surface area contributed by atoms with Gasteiger partial charge in [0.15, 0.2) is 0 Å². The first-order chi connectivity index (χ1) is 10.4. The van der Waals surface area contributed by atoms with E-state index in [4.69, 9.17) is 4.74 Å². The van der Waals surface area contributed by atoms with Crippen LogP contribution in [0.3, 0.4) is 0 Å².